The van der Waals surface area contributed by atoms with Crippen molar-refractivity contribution in [2.24, 2.45) is 0 Å². The Morgan fingerprint density at radius 3 is 2.19 bits per heavy atom. The van der Waals surface area contributed by atoms with E-state index in [2.05, 4.69) is 10.3 Å². The van der Waals surface area contributed by atoms with E-state index in [1.807, 2.05) is 84.9 Å². The number of aromatic nitrogens is 3. The zero-order chi connectivity index (χ0) is 17.8. The van der Waals surface area contributed by atoms with Crippen molar-refractivity contribution in [2.75, 3.05) is 7.11 Å². The number of fused-ring (bicyclic) bond motifs is 1. The molecular formula is C21H17N3O2. The van der Waals surface area contributed by atoms with Crippen molar-refractivity contribution in [1.29, 1.82) is 0 Å². The quantitative estimate of drug-likeness (QED) is 0.503. The van der Waals surface area contributed by atoms with Crippen molar-refractivity contribution in [3.05, 3.63) is 90.5 Å². The maximum atomic E-state index is 6.19. The Hall–Kier alpha value is -3.60. The standard InChI is InChI=1S/C21H17N3O2/c1-25-20(16-10-4-2-5-11-16)21(26-17-12-6-3-7-13-17)24-19-15-9-8-14-18(19)22-23-24/h2-15H,1H3. The Balaban J connectivity index is 1.93. The van der Waals surface area contributed by atoms with Gasteiger partial charge in [-0.05, 0) is 24.3 Å². The number of para-hydroxylation sites is 2. The molecule has 1 heterocycles. The fourth-order valence-corrected chi connectivity index (χ4v) is 2.72. The molecular weight excluding hydrogens is 326 g/mol. The molecule has 128 valence electrons. The van der Waals surface area contributed by atoms with Gasteiger partial charge in [0.15, 0.2) is 5.76 Å². The van der Waals surface area contributed by atoms with Gasteiger partial charge >= 0.3 is 0 Å². The molecule has 4 rings (SSSR count). The molecule has 0 saturated heterocycles. The number of ether oxygens (including phenoxy) is 2. The third-order valence-corrected chi connectivity index (χ3v) is 3.94. The largest absolute Gasteiger partial charge is 0.491 e. The summed E-state index contributed by atoms with van der Waals surface area (Å²) in [6, 6.07) is 27.1. The van der Waals surface area contributed by atoms with Gasteiger partial charge in [-0.15, -0.1) is 5.10 Å². The van der Waals surface area contributed by atoms with Gasteiger partial charge in [0.1, 0.15) is 11.3 Å². The van der Waals surface area contributed by atoms with Crippen LogP contribution in [0.4, 0.5) is 0 Å². The smallest absolute Gasteiger partial charge is 0.266 e. The summed E-state index contributed by atoms with van der Waals surface area (Å²) in [6.45, 7) is 0. The summed E-state index contributed by atoms with van der Waals surface area (Å²) < 4.78 is 13.6. The van der Waals surface area contributed by atoms with Crippen molar-refractivity contribution in [3.63, 3.8) is 0 Å². The fourth-order valence-electron chi connectivity index (χ4n) is 2.72. The molecule has 0 amide bonds. The van der Waals surface area contributed by atoms with E-state index in [4.69, 9.17) is 9.47 Å². The van der Waals surface area contributed by atoms with E-state index in [-0.39, 0.29) is 0 Å². The molecule has 1 aromatic heterocycles. The molecule has 0 aliphatic heterocycles. The highest BCUT2D eigenvalue weighted by atomic mass is 16.5. The normalized spacial score (nSPS) is 11.9. The first-order valence-corrected chi connectivity index (χ1v) is 8.24. The zero-order valence-electron chi connectivity index (χ0n) is 14.2. The highest BCUT2D eigenvalue weighted by Crippen LogP contribution is 2.27. The highest BCUT2D eigenvalue weighted by Gasteiger charge is 2.19. The molecule has 3 aromatic carbocycles. The second-order valence-electron chi connectivity index (χ2n) is 5.61. The van der Waals surface area contributed by atoms with Crippen molar-refractivity contribution in [2.45, 2.75) is 0 Å². The summed E-state index contributed by atoms with van der Waals surface area (Å²) in [6.07, 6.45) is 0. The molecule has 0 fully saturated rings. The average Bonchev–Trinajstić information content (AvgIpc) is 3.13. The van der Waals surface area contributed by atoms with E-state index in [0.29, 0.717) is 17.4 Å². The summed E-state index contributed by atoms with van der Waals surface area (Å²) in [7, 11) is 1.62. The predicted molar refractivity (Wildman–Crippen MR) is 101 cm³/mol. The lowest BCUT2D eigenvalue weighted by Gasteiger charge is -2.15. The van der Waals surface area contributed by atoms with Crippen LogP contribution in [0.15, 0.2) is 84.9 Å². The minimum absolute atomic E-state index is 0.457. The van der Waals surface area contributed by atoms with E-state index in [1.54, 1.807) is 11.8 Å². The number of hydrogen-bond acceptors (Lipinski definition) is 4. The van der Waals surface area contributed by atoms with Gasteiger partial charge in [-0.25, -0.2) is 0 Å². The topological polar surface area (TPSA) is 49.2 Å². The number of benzene rings is 3. The van der Waals surface area contributed by atoms with Gasteiger partial charge in [-0.3, -0.25) is 0 Å². The maximum Gasteiger partial charge on any atom is 0.266 e. The van der Waals surface area contributed by atoms with Gasteiger partial charge in [0.25, 0.3) is 5.88 Å². The zero-order valence-corrected chi connectivity index (χ0v) is 14.2. The summed E-state index contributed by atoms with van der Waals surface area (Å²) in [5, 5.41) is 8.52. The lowest BCUT2D eigenvalue weighted by Crippen LogP contribution is -2.10. The summed E-state index contributed by atoms with van der Waals surface area (Å²) >= 11 is 0. The lowest BCUT2D eigenvalue weighted by atomic mass is 10.2. The van der Waals surface area contributed by atoms with Gasteiger partial charge < -0.3 is 9.47 Å². The van der Waals surface area contributed by atoms with Crippen LogP contribution in [0.1, 0.15) is 5.56 Å². The van der Waals surface area contributed by atoms with Gasteiger partial charge in [0.05, 0.1) is 12.6 Å². The average molecular weight is 343 g/mol. The molecule has 0 unspecified atom stereocenters. The molecule has 0 saturated carbocycles. The van der Waals surface area contributed by atoms with Crippen molar-refractivity contribution < 1.29 is 9.47 Å². The molecule has 0 aliphatic carbocycles. The van der Waals surface area contributed by atoms with Crippen LogP contribution < -0.4 is 4.74 Å². The van der Waals surface area contributed by atoms with Crippen LogP contribution >= 0.6 is 0 Å². The summed E-state index contributed by atoms with van der Waals surface area (Å²) in [4.78, 5) is 0. The third kappa shape index (κ3) is 3.02. The van der Waals surface area contributed by atoms with Crippen LogP contribution in [0, 0.1) is 0 Å². The predicted octanol–water partition coefficient (Wildman–Crippen LogP) is 4.44. The Labute approximate surface area is 151 Å². The van der Waals surface area contributed by atoms with E-state index < -0.39 is 0 Å². The summed E-state index contributed by atoms with van der Waals surface area (Å²) in [5.74, 6) is 1.72. The Morgan fingerprint density at radius 1 is 0.808 bits per heavy atom. The van der Waals surface area contributed by atoms with Crippen molar-refractivity contribution in [3.8, 4) is 5.75 Å². The number of methoxy groups -OCH3 is 1. The second kappa shape index (κ2) is 7.11. The van der Waals surface area contributed by atoms with E-state index in [9.17, 15) is 0 Å². The first kappa shape index (κ1) is 15.9. The van der Waals surface area contributed by atoms with Crippen molar-refractivity contribution in [1.82, 2.24) is 15.0 Å². The van der Waals surface area contributed by atoms with E-state index in [0.717, 1.165) is 16.6 Å². The number of rotatable bonds is 5. The van der Waals surface area contributed by atoms with Crippen LogP contribution in [-0.2, 0) is 4.74 Å². The molecule has 0 atom stereocenters. The fraction of sp³-hybridized carbons (Fsp3) is 0.0476. The van der Waals surface area contributed by atoms with Gasteiger partial charge in [-0.1, -0.05) is 65.9 Å². The molecule has 26 heavy (non-hydrogen) atoms. The minimum atomic E-state index is 0.457. The molecule has 0 N–H and O–H groups in total. The first-order chi connectivity index (χ1) is 12.9. The minimum Gasteiger partial charge on any atom is -0.491 e. The van der Waals surface area contributed by atoms with Crippen LogP contribution in [-0.4, -0.2) is 22.1 Å². The molecule has 0 spiro atoms. The molecule has 0 aliphatic rings. The SMILES string of the molecule is COC(=C(Oc1ccccc1)n1nnc2ccccc21)c1ccccc1. The number of nitrogens with zero attached hydrogens (tertiary/aromatic N) is 3. The molecule has 4 aromatic rings. The highest BCUT2D eigenvalue weighted by molar-refractivity contribution is 5.83. The molecule has 0 bridgehead atoms. The maximum absolute atomic E-state index is 6.19. The monoisotopic (exact) mass is 343 g/mol. The van der Waals surface area contributed by atoms with E-state index in [1.165, 1.54) is 0 Å². The second-order valence-corrected chi connectivity index (χ2v) is 5.61. The van der Waals surface area contributed by atoms with Crippen molar-refractivity contribution >= 4 is 22.7 Å². The summed E-state index contributed by atoms with van der Waals surface area (Å²) in [5.41, 5.74) is 2.51. The molecule has 0 radical (unpaired) electrons. The Morgan fingerprint density at radius 2 is 1.46 bits per heavy atom. The first-order valence-electron chi connectivity index (χ1n) is 8.24. The third-order valence-electron chi connectivity index (χ3n) is 3.94. The van der Waals surface area contributed by atoms with Crippen LogP contribution in [0.2, 0.25) is 0 Å². The van der Waals surface area contributed by atoms with Gasteiger partial charge in [0.2, 0.25) is 0 Å². The van der Waals surface area contributed by atoms with Crippen LogP contribution in [0.3, 0.4) is 0 Å². The van der Waals surface area contributed by atoms with Crippen LogP contribution in [0.25, 0.3) is 22.7 Å². The molecule has 5 nitrogen and oxygen atoms in total. The number of hydrogen-bond donors (Lipinski definition) is 0. The van der Waals surface area contributed by atoms with Gasteiger partial charge in [-0.2, -0.15) is 4.68 Å². The van der Waals surface area contributed by atoms with E-state index >= 15 is 0 Å². The Bertz CT molecular complexity index is 1040. The Kier molecular flexibility index (Phi) is 4.35. The lowest BCUT2D eigenvalue weighted by molar-refractivity contribution is 0.351. The van der Waals surface area contributed by atoms with Crippen LogP contribution in [0.5, 0.6) is 5.75 Å². The van der Waals surface area contributed by atoms with Gasteiger partial charge in [0, 0.05) is 5.56 Å². The molecule has 5 heteroatoms.